The number of rotatable bonds is 7. The zero-order valence-corrected chi connectivity index (χ0v) is 14.8. The van der Waals surface area contributed by atoms with Crippen LogP contribution in [0.25, 0.3) is 10.9 Å². The minimum Gasteiger partial charge on any atom is -0.345 e. The van der Waals surface area contributed by atoms with Crippen LogP contribution in [0.5, 0.6) is 0 Å². The van der Waals surface area contributed by atoms with Gasteiger partial charge in [-0.2, -0.15) is 11.8 Å². The van der Waals surface area contributed by atoms with Crippen LogP contribution in [-0.2, 0) is 13.1 Å². The second kappa shape index (κ2) is 7.37. The Kier molecular flexibility index (Phi) is 5.77. The molecule has 2 aromatic rings. The highest BCUT2D eigenvalue weighted by Gasteiger charge is 2.11. The fraction of sp³-hybridized carbons (Fsp3) is 0.556. The van der Waals surface area contributed by atoms with Gasteiger partial charge in [-0.1, -0.05) is 19.9 Å². The normalized spacial score (nSPS) is 11.7. The van der Waals surface area contributed by atoms with Crippen molar-refractivity contribution in [3.05, 3.63) is 35.0 Å². The van der Waals surface area contributed by atoms with Gasteiger partial charge in [-0.25, -0.2) is 0 Å². The Morgan fingerprint density at radius 2 is 2.00 bits per heavy atom. The minimum absolute atomic E-state index is 0.527. The lowest BCUT2D eigenvalue weighted by atomic mass is 10.1. The highest BCUT2D eigenvalue weighted by molar-refractivity contribution is 7.98. The summed E-state index contributed by atoms with van der Waals surface area (Å²) in [6.07, 6.45) is 3.42. The van der Waals surface area contributed by atoms with E-state index in [2.05, 4.69) is 62.0 Å². The van der Waals surface area contributed by atoms with E-state index in [0.717, 1.165) is 13.1 Å². The second-order valence-electron chi connectivity index (χ2n) is 6.10. The SMILES string of the molecule is CSCCCn1c(C)c(C)c2cc(CNC(C)C)ccc21. The minimum atomic E-state index is 0.527. The first-order valence-electron chi connectivity index (χ1n) is 7.85. The molecule has 1 N–H and O–H groups in total. The number of thioether (sulfide) groups is 1. The van der Waals surface area contributed by atoms with Crippen LogP contribution in [0.3, 0.4) is 0 Å². The third-order valence-electron chi connectivity index (χ3n) is 4.15. The molecule has 0 amide bonds. The first-order valence-corrected chi connectivity index (χ1v) is 9.24. The van der Waals surface area contributed by atoms with Crippen molar-refractivity contribution in [1.82, 2.24) is 9.88 Å². The van der Waals surface area contributed by atoms with E-state index in [1.807, 2.05) is 11.8 Å². The van der Waals surface area contributed by atoms with Crippen LogP contribution in [0.4, 0.5) is 0 Å². The molecular formula is C18H28N2S. The summed E-state index contributed by atoms with van der Waals surface area (Å²) in [5.41, 5.74) is 5.61. The van der Waals surface area contributed by atoms with Crippen LogP contribution in [0.2, 0.25) is 0 Å². The predicted octanol–water partition coefficient (Wildman–Crippen LogP) is 4.51. The molecule has 0 unspecified atom stereocenters. The lowest BCUT2D eigenvalue weighted by Gasteiger charge is -2.10. The summed E-state index contributed by atoms with van der Waals surface area (Å²) in [5, 5.41) is 4.92. The molecule has 0 radical (unpaired) electrons. The molecule has 1 aromatic heterocycles. The van der Waals surface area contributed by atoms with Gasteiger partial charge in [0.25, 0.3) is 0 Å². The molecule has 0 spiro atoms. The Morgan fingerprint density at radius 1 is 1.24 bits per heavy atom. The summed E-state index contributed by atoms with van der Waals surface area (Å²) >= 11 is 1.93. The Labute approximate surface area is 133 Å². The van der Waals surface area contributed by atoms with E-state index >= 15 is 0 Å². The molecular weight excluding hydrogens is 276 g/mol. The van der Waals surface area contributed by atoms with E-state index in [0.29, 0.717) is 6.04 Å². The van der Waals surface area contributed by atoms with Crippen molar-refractivity contribution in [2.75, 3.05) is 12.0 Å². The second-order valence-corrected chi connectivity index (χ2v) is 7.08. The Morgan fingerprint density at radius 3 is 2.67 bits per heavy atom. The summed E-state index contributed by atoms with van der Waals surface area (Å²) in [6, 6.07) is 7.45. The molecule has 0 fully saturated rings. The van der Waals surface area contributed by atoms with Crippen LogP contribution in [-0.4, -0.2) is 22.6 Å². The molecule has 0 aliphatic heterocycles. The zero-order chi connectivity index (χ0) is 15.4. The number of benzene rings is 1. The molecule has 1 heterocycles. The van der Waals surface area contributed by atoms with Crippen molar-refractivity contribution < 1.29 is 0 Å². The van der Waals surface area contributed by atoms with Gasteiger partial charge in [0.05, 0.1) is 0 Å². The van der Waals surface area contributed by atoms with E-state index in [1.165, 1.54) is 39.9 Å². The van der Waals surface area contributed by atoms with E-state index < -0.39 is 0 Å². The number of aryl methyl sites for hydroxylation is 2. The van der Waals surface area contributed by atoms with Crippen LogP contribution < -0.4 is 5.32 Å². The molecule has 21 heavy (non-hydrogen) atoms. The first kappa shape index (κ1) is 16.4. The van der Waals surface area contributed by atoms with Gasteiger partial charge < -0.3 is 9.88 Å². The maximum atomic E-state index is 3.50. The first-order chi connectivity index (χ1) is 10.0. The molecule has 0 atom stereocenters. The average Bonchev–Trinajstić information content (AvgIpc) is 2.70. The fourth-order valence-corrected chi connectivity index (χ4v) is 3.20. The molecule has 0 bridgehead atoms. The quantitative estimate of drug-likeness (QED) is 0.758. The van der Waals surface area contributed by atoms with Gasteiger partial charge in [0.2, 0.25) is 0 Å². The van der Waals surface area contributed by atoms with E-state index in [4.69, 9.17) is 0 Å². The van der Waals surface area contributed by atoms with Crippen molar-refractivity contribution in [1.29, 1.82) is 0 Å². The Balaban J connectivity index is 2.28. The molecule has 3 heteroatoms. The van der Waals surface area contributed by atoms with Crippen LogP contribution in [0.1, 0.15) is 37.1 Å². The van der Waals surface area contributed by atoms with E-state index in [9.17, 15) is 0 Å². The van der Waals surface area contributed by atoms with Gasteiger partial charge in [-0.3, -0.25) is 0 Å². The third kappa shape index (κ3) is 3.83. The summed E-state index contributed by atoms with van der Waals surface area (Å²) < 4.78 is 2.49. The van der Waals surface area contributed by atoms with Gasteiger partial charge in [0, 0.05) is 35.7 Å². The summed E-state index contributed by atoms with van der Waals surface area (Å²) in [7, 11) is 0. The van der Waals surface area contributed by atoms with Gasteiger partial charge >= 0.3 is 0 Å². The van der Waals surface area contributed by atoms with Crippen LogP contribution in [0.15, 0.2) is 18.2 Å². The maximum absolute atomic E-state index is 3.50. The number of nitrogens with zero attached hydrogens (tertiary/aromatic N) is 1. The van der Waals surface area contributed by atoms with E-state index in [1.54, 1.807) is 0 Å². The molecule has 2 nitrogen and oxygen atoms in total. The maximum Gasteiger partial charge on any atom is 0.0485 e. The monoisotopic (exact) mass is 304 g/mol. The molecule has 0 saturated carbocycles. The van der Waals surface area contributed by atoms with Crippen molar-refractivity contribution in [2.45, 2.75) is 53.2 Å². The van der Waals surface area contributed by atoms with Crippen molar-refractivity contribution in [3.8, 4) is 0 Å². The van der Waals surface area contributed by atoms with Gasteiger partial charge in [0.15, 0.2) is 0 Å². The largest absolute Gasteiger partial charge is 0.345 e. The molecule has 2 rings (SSSR count). The number of hydrogen-bond donors (Lipinski definition) is 1. The standard InChI is InChI=1S/C18H28N2S/c1-13(2)19-12-16-7-8-18-17(11-16)14(3)15(4)20(18)9-6-10-21-5/h7-8,11,13,19H,6,9-10,12H2,1-5H3. The van der Waals surface area contributed by atoms with E-state index in [-0.39, 0.29) is 0 Å². The zero-order valence-electron chi connectivity index (χ0n) is 14.0. The lowest BCUT2D eigenvalue weighted by Crippen LogP contribution is -2.21. The fourth-order valence-electron chi connectivity index (χ4n) is 2.78. The summed E-state index contributed by atoms with van der Waals surface area (Å²) in [5.74, 6) is 1.23. The highest BCUT2D eigenvalue weighted by atomic mass is 32.2. The Hall–Kier alpha value is -0.930. The highest BCUT2D eigenvalue weighted by Crippen LogP contribution is 2.26. The number of hydrogen-bond acceptors (Lipinski definition) is 2. The number of aromatic nitrogens is 1. The molecule has 0 saturated heterocycles. The number of fused-ring (bicyclic) bond motifs is 1. The van der Waals surface area contributed by atoms with Crippen molar-refractivity contribution >= 4 is 22.7 Å². The van der Waals surface area contributed by atoms with Crippen molar-refractivity contribution in [2.24, 2.45) is 0 Å². The summed E-state index contributed by atoms with van der Waals surface area (Å²) in [4.78, 5) is 0. The van der Waals surface area contributed by atoms with Gasteiger partial charge in [-0.15, -0.1) is 0 Å². The molecule has 0 aliphatic rings. The van der Waals surface area contributed by atoms with Gasteiger partial charge in [-0.05, 0) is 55.5 Å². The van der Waals surface area contributed by atoms with Crippen LogP contribution >= 0.6 is 11.8 Å². The molecule has 116 valence electrons. The van der Waals surface area contributed by atoms with Gasteiger partial charge in [0.1, 0.15) is 0 Å². The smallest absolute Gasteiger partial charge is 0.0485 e. The average molecular weight is 305 g/mol. The summed E-state index contributed by atoms with van der Waals surface area (Å²) in [6.45, 7) is 11.0. The molecule has 1 aromatic carbocycles. The third-order valence-corrected chi connectivity index (χ3v) is 4.84. The number of nitrogens with one attached hydrogen (secondary N) is 1. The Bertz CT molecular complexity index is 599. The molecule has 0 aliphatic carbocycles. The lowest BCUT2D eigenvalue weighted by molar-refractivity contribution is 0.589. The topological polar surface area (TPSA) is 17.0 Å². The van der Waals surface area contributed by atoms with Crippen molar-refractivity contribution in [3.63, 3.8) is 0 Å². The predicted molar refractivity (Wildman–Crippen MR) is 96.4 cm³/mol. The van der Waals surface area contributed by atoms with Crippen LogP contribution in [0, 0.1) is 13.8 Å².